The van der Waals surface area contributed by atoms with Crippen molar-refractivity contribution < 1.29 is 28.7 Å². The van der Waals surface area contributed by atoms with E-state index in [0.717, 1.165) is 19.3 Å². The van der Waals surface area contributed by atoms with Crippen LogP contribution in [0.2, 0.25) is 0 Å². The van der Waals surface area contributed by atoms with E-state index in [-0.39, 0.29) is 12.0 Å². The van der Waals surface area contributed by atoms with E-state index in [1.807, 2.05) is 0 Å². The fraction of sp³-hybridized carbons (Fsp3) is 0.737. The van der Waals surface area contributed by atoms with Gasteiger partial charge in [-0.15, -0.1) is 0 Å². The second-order valence-electron chi connectivity index (χ2n) is 8.30. The Balaban J connectivity index is 1.41. The van der Waals surface area contributed by atoms with Gasteiger partial charge in [-0.05, 0) is 30.6 Å². The molecular formula is C19H25NO6. The molecule has 2 unspecified atom stereocenters. The molecule has 7 nitrogen and oxygen atoms in total. The molecule has 142 valence electrons. The van der Waals surface area contributed by atoms with Gasteiger partial charge in [-0.25, -0.2) is 4.79 Å². The third-order valence-electron chi connectivity index (χ3n) is 6.24. The second kappa shape index (κ2) is 6.37. The SMILES string of the molecule is CC(C)[C@H]1CC[C@H](C)C[C@@H]1OC(=O)ON1C(=O)[C@@H]2C3C=CC(O3)[C@@H]2C1=O. The van der Waals surface area contributed by atoms with Gasteiger partial charge in [-0.2, -0.15) is 0 Å². The molecule has 0 spiro atoms. The largest absolute Gasteiger partial charge is 0.534 e. The van der Waals surface area contributed by atoms with Crippen LogP contribution in [0.1, 0.15) is 40.0 Å². The van der Waals surface area contributed by atoms with Gasteiger partial charge in [0.05, 0.1) is 24.0 Å². The molecule has 26 heavy (non-hydrogen) atoms. The number of ether oxygens (including phenoxy) is 2. The summed E-state index contributed by atoms with van der Waals surface area (Å²) in [4.78, 5) is 42.3. The zero-order valence-electron chi connectivity index (χ0n) is 15.3. The summed E-state index contributed by atoms with van der Waals surface area (Å²) >= 11 is 0. The average molecular weight is 363 g/mol. The fourth-order valence-electron chi connectivity index (χ4n) is 4.84. The molecule has 7 heteroatoms. The highest BCUT2D eigenvalue weighted by Crippen LogP contribution is 2.45. The minimum absolute atomic E-state index is 0.250. The molecular weight excluding hydrogens is 338 g/mol. The van der Waals surface area contributed by atoms with Crippen LogP contribution in [-0.4, -0.2) is 41.3 Å². The summed E-state index contributed by atoms with van der Waals surface area (Å²) in [7, 11) is 0. The van der Waals surface area contributed by atoms with E-state index in [0.29, 0.717) is 16.9 Å². The van der Waals surface area contributed by atoms with Gasteiger partial charge < -0.3 is 9.47 Å². The number of nitrogens with zero attached hydrogens (tertiary/aromatic N) is 1. The number of fused-ring (bicyclic) bond motifs is 5. The van der Waals surface area contributed by atoms with E-state index in [4.69, 9.17) is 14.3 Å². The molecule has 0 aromatic carbocycles. The highest BCUT2D eigenvalue weighted by molar-refractivity contribution is 6.06. The van der Waals surface area contributed by atoms with Gasteiger partial charge in [0, 0.05) is 0 Å². The Hall–Kier alpha value is -1.89. The maximum atomic E-state index is 12.5. The van der Waals surface area contributed by atoms with Crippen molar-refractivity contribution in [2.24, 2.45) is 29.6 Å². The lowest BCUT2D eigenvalue weighted by Gasteiger charge is -2.36. The average Bonchev–Trinajstić information content (AvgIpc) is 3.24. The molecule has 0 radical (unpaired) electrons. The van der Waals surface area contributed by atoms with Crippen LogP contribution in [0.4, 0.5) is 4.79 Å². The normalized spacial score (nSPS) is 41.1. The second-order valence-corrected chi connectivity index (χ2v) is 8.30. The fourth-order valence-corrected chi connectivity index (χ4v) is 4.84. The highest BCUT2D eigenvalue weighted by Gasteiger charge is 2.62. The third kappa shape index (κ3) is 2.73. The molecule has 7 atom stereocenters. The van der Waals surface area contributed by atoms with Crippen LogP contribution >= 0.6 is 0 Å². The van der Waals surface area contributed by atoms with E-state index < -0.39 is 42.0 Å². The smallest absolute Gasteiger partial charge is 0.429 e. The van der Waals surface area contributed by atoms with Crippen molar-refractivity contribution in [3.8, 4) is 0 Å². The van der Waals surface area contributed by atoms with Crippen LogP contribution in [0.3, 0.4) is 0 Å². The zero-order chi connectivity index (χ0) is 18.6. The Kier molecular flexibility index (Phi) is 4.29. The number of amides is 2. The number of rotatable bonds is 3. The number of carbonyl (C=O) groups is 3. The molecule has 3 heterocycles. The Bertz CT molecular complexity index is 628. The molecule has 0 N–H and O–H groups in total. The van der Waals surface area contributed by atoms with E-state index in [1.165, 1.54) is 0 Å². The Morgan fingerprint density at radius 3 is 2.35 bits per heavy atom. The molecule has 3 aliphatic heterocycles. The van der Waals surface area contributed by atoms with Gasteiger partial charge >= 0.3 is 6.16 Å². The molecule has 1 aliphatic carbocycles. The standard InChI is InChI=1S/C19H25NO6/c1-9(2)11-5-4-10(3)8-14(11)25-19(23)26-20-17(21)15-12-6-7-13(24-12)16(15)18(20)22/h6-7,9-16H,4-5,8H2,1-3H3/t10-,11+,12?,13?,14-,15-,16+/m0/s1. The summed E-state index contributed by atoms with van der Waals surface area (Å²) in [6, 6.07) is 0. The van der Waals surface area contributed by atoms with Crippen molar-refractivity contribution in [1.82, 2.24) is 5.06 Å². The molecule has 1 saturated carbocycles. The summed E-state index contributed by atoms with van der Waals surface area (Å²) in [5.74, 6) is -1.12. The predicted molar refractivity (Wildman–Crippen MR) is 89.3 cm³/mol. The number of hydroxylamine groups is 2. The molecule has 2 saturated heterocycles. The Morgan fingerprint density at radius 2 is 1.77 bits per heavy atom. The van der Waals surface area contributed by atoms with Crippen molar-refractivity contribution in [1.29, 1.82) is 0 Å². The maximum Gasteiger partial charge on any atom is 0.534 e. The molecule has 4 rings (SSSR count). The van der Waals surface area contributed by atoms with Crippen molar-refractivity contribution in [3.05, 3.63) is 12.2 Å². The monoisotopic (exact) mass is 363 g/mol. The first-order valence-electron chi connectivity index (χ1n) is 9.47. The first kappa shape index (κ1) is 17.5. The molecule has 4 aliphatic rings. The minimum atomic E-state index is -0.974. The zero-order valence-corrected chi connectivity index (χ0v) is 15.3. The van der Waals surface area contributed by atoms with E-state index in [9.17, 15) is 14.4 Å². The summed E-state index contributed by atoms with van der Waals surface area (Å²) in [5.41, 5.74) is 0. The molecule has 0 aromatic rings. The first-order valence-corrected chi connectivity index (χ1v) is 9.47. The number of hydrogen-bond acceptors (Lipinski definition) is 6. The minimum Gasteiger partial charge on any atom is -0.429 e. The molecule has 2 bridgehead atoms. The lowest BCUT2D eigenvalue weighted by molar-refractivity contribution is -0.184. The highest BCUT2D eigenvalue weighted by atomic mass is 16.8. The van der Waals surface area contributed by atoms with E-state index in [2.05, 4.69) is 20.8 Å². The maximum absolute atomic E-state index is 12.5. The summed E-state index contributed by atoms with van der Waals surface area (Å²) < 4.78 is 11.1. The van der Waals surface area contributed by atoms with Gasteiger partial charge in [0.25, 0.3) is 11.8 Å². The van der Waals surface area contributed by atoms with Gasteiger partial charge in [0.2, 0.25) is 0 Å². The van der Waals surface area contributed by atoms with Crippen LogP contribution in [0.15, 0.2) is 12.2 Å². The quantitative estimate of drug-likeness (QED) is 0.435. The van der Waals surface area contributed by atoms with E-state index >= 15 is 0 Å². The topological polar surface area (TPSA) is 82.1 Å². The molecule has 3 fully saturated rings. The number of carbonyl (C=O) groups excluding carboxylic acids is 3. The van der Waals surface area contributed by atoms with Gasteiger partial charge in [-0.1, -0.05) is 44.4 Å². The van der Waals surface area contributed by atoms with Crippen LogP contribution in [0, 0.1) is 29.6 Å². The van der Waals surface area contributed by atoms with Crippen LogP contribution in [0.5, 0.6) is 0 Å². The first-order chi connectivity index (χ1) is 12.4. The Labute approximate surface area is 152 Å². The van der Waals surface area contributed by atoms with Crippen LogP contribution in [0.25, 0.3) is 0 Å². The Morgan fingerprint density at radius 1 is 1.15 bits per heavy atom. The van der Waals surface area contributed by atoms with Gasteiger partial charge in [0.1, 0.15) is 6.10 Å². The van der Waals surface area contributed by atoms with Gasteiger partial charge in [0.15, 0.2) is 0 Å². The van der Waals surface area contributed by atoms with Crippen LogP contribution in [-0.2, 0) is 23.9 Å². The molecule has 0 aromatic heterocycles. The van der Waals surface area contributed by atoms with Crippen molar-refractivity contribution >= 4 is 18.0 Å². The molecule has 2 amide bonds. The number of hydrogen-bond donors (Lipinski definition) is 0. The lowest BCUT2D eigenvalue weighted by Crippen LogP contribution is -2.40. The predicted octanol–water partition coefficient (Wildman–Crippen LogP) is 2.45. The van der Waals surface area contributed by atoms with Gasteiger partial charge in [-0.3, -0.25) is 14.4 Å². The summed E-state index contributed by atoms with van der Waals surface area (Å²) in [6.45, 7) is 6.36. The van der Waals surface area contributed by atoms with Crippen molar-refractivity contribution in [2.75, 3.05) is 0 Å². The van der Waals surface area contributed by atoms with Crippen LogP contribution < -0.4 is 0 Å². The third-order valence-corrected chi connectivity index (χ3v) is 6.24. The van der Waals surface area contributed by atoms with E-state index in [1.54, 1.807) is 12.2 Å². The lowest BCUT2D eigenvalue weighted by atomic mass is 9.75. The van der Waals surface area contributed by atoms with Crippen molar-refractivity contribution in [3.63, 3.8) is 0 Å². The summed E-state index contributed by atoms with van der Waals surface area (Å²) in [6.07, 6.45) is 4.41. The number of imide groups is 1. The summed E-state index contributed by atoms with van der Waals surface area (Å²) in [5, 5.41) is 0.587. The van der Waals surface area contributed by atoms with Crippen molar-refractivity contribution in [2.45, 2.75) is 58.3 Å².